The first-order valence-corrected chi connectivity index (χ1v) is 7.58. The number of ether oxygens (including phenoxy) is 1. The minimum Gasteiger partial charge on any atom is -0.387 e. The minimum absolute atomic E-state index is 0.156. The second-order valence-corrected chi connectivity index (χ2v) is 5.59. The molecule has 22 heavy (non-hydrogen) atoms. The van der Waals surface area contributed by atoms with Crippen LogP contribution in [0.25, 0.3) is 11.2 Å². The van der Waals surface area contributed by atoms with Crippen LogP contribution in [0.3, 0.4) is 0 Å². The highest BCUT2D eigenvalue weighted by atomic mass is 31.2. The molecule has 120 valence electrons. The fraction of sp³-hybridized carbons (Fsp3) is 0.500. The van der Waals surface area contributed by atoms with Crippen molar-refractivity contribution in [3.8, 4) is 0 Å². The maximum Gasteiger partial charge on any atom is 0.250 e. The number of imidazole rings is 1. The SMILES string of the molecule is Nc1ncnc2c1ncn2[C@@H]1O[C@H](COP(N)O)[C@@H](O)[C@H]1O. The number of anilines is 1. The van der Waals surface area contributed by atoms with Gasteiger partial charge in [0.15, 0.2) is 17.7 Å². The molecule has 1 aliphatic heterocycles. The van der Waals surface area contributed by atoms with E-state index in [4.69, 9.17) is 25.4 Å². The lowest BCUT2D eigenvalue weighted by Crippen LogP contribution is -2.33. The summed E-state index contributed by atoms with van der Waals surface area (Å²) < 4.78 is 11.9. The highest BCUT2D eigenvalue weighted by Gasteiger charge is 2.44. The van der Waals surface area contributed by atoms with Crippen LogP contribution in [0.4, 0.5) is 5.82 Å². The normalized spacial score (nSPS) is 30.0. The van der Waals surface area contributed by atoms with Crippen molar-refractivity contribution in [1.29, 1.82) is 0 Å². The van der Waals surface area contributed by atoms with Crippen LogP contribution in [0, 0.1) is 0 Å². The molecule has 0 amide bonds. The second kappa shape index (κ2) is 5.97. The summed E-state index contributed by atoms with van der Waals surface area (Å²) in [6.07, 6.45) is -1.56. The Hall–Kier alpha value is -1.46. The number of rotatable bonds is 4. The zero-order valence-electron chi connectivity index (χ0n) is 11.2. The molecular weight excluding hydrogens is 315 g/mol. The van der Waals surface area contributed by atoms with Crippen molar-refractivity contribution >= 4 is 25.5 Å². The van der Waals surface area contributed by atoms with Crippen molar-refractivity contribution in [2.75, 3.05) is 12.3 Å². The van der Waals surface area contributed by atoms with Gasteiger partial charge in [-0.15, -0.1) is 0 Å². The van der Waals surface area contributed by atoms with Gasteiger partial charge in [-0.05, 0) is 0 Å². The third-order valence-corrected chi connectivity index (χ3v) is 3.78. The molecule has 0 aromatic carbocycles. The first-order chi connectivity index (χ1) is 10.5. The van der Waals surface area contributed by atoms with Crippen molar-refractivity contribution < 1.29 is 24.4 Å². The monoisotopic (exact) mass is 330 g/mol. The van der Waals surface area contributed by atoms with Gasteiger partial charge in [-0.25, -0.2) is 15.0 Å². The molecule has 11 nitrogen and oxygen atoms in total. The van der Waals surface area contributed by atoms with Gasteiger partial charge in [-0.3, -0.25) is 10.1 Å². The lowest BCUT2D eigenvalue weighted by Gasteiger charge is -2.16. The quantitative estimate of drug-likeness (QED) is 0.403. The van der Waals surface area contributed by atoms with Crippen LogP contribution >= 0.6 is 8.53 Å². The van der Waals surface area contributed by atoms with Crippen molar-refractivity contribution in [3.05, 3.63) is 12.7 Å². The average Bonchev–Trinajstić information content (AvgIpc) is 3.01. The van der Waals surface area contributed by atoms with E-state index >= 15 is 0 Å². The molecule has 2 aromatic rings. The molecule has 2 aromatic heterocycles. The summed E-state index contributed by atoms with van der Waals surface area (Å²) in [5.74, 6) is 0.200. The predicted molar refractivity (Wildman–Crippen MR) is 74.9 cm³/mol. The van der Waals surface area contributed by atoms with Gasteiger partial charge in [0.2, 0.25) is 8.53 Å². The van der Waals surface area contributed by atoms with Crippen molar-refractivity contribution in [3.63, 3.8) is 0 Å². The smallest absolute Gasteiger partial charge is 0.250 e. The third kappa shape index (κ3) is 2.63. The Labute approximate surface area is 125 Å². The van der Waals surface area contributed by atoms with Crippen molar-refractivity contribution in [2.24, 2.45) is 5.50 Å². The van der Waals surface area contributed by atoms with E-state index in [1.54, 1.807) is 0 Å². The van der Waals surface area contributed by atoms with Crippen LogP contribution in [0.15, 0.2) is 12.7 Å². The van der Waals surface area contributed by atoms with Gasteiger partial charge < -0.3 is 30.1 Å². The number of hydrogen-bond donors (Lipinski definition) is 5. The Morgan fingerprint density at radius 1 is 1.32 bits per heavy atom. The molecule has 3 heterocycles. The molecule has 0 spiro atoms. The maximum atomic E-state index is 10.2. The van der Waals surface area contributed by atoms with Gasteiger partial charge in [0.25, 0.3) is 0 Å². The third-order valence-electron chi connectivity index (χ3n) is 3.37. The van der Waals surface area contributed by atoms with Crippen LogP contribution in [-0.4, -0.2) is 59.5 Å². The average molecular weight is 330 g/mol. The highest BCUT2D eigenvalue weighted by Crippen LogP contribution is 2.33. The van der Waals surface area contributed by atoms with E-state index in [9.17, 15) is 10.2 Å². The Morgan fingerprint density at radius 3 is 2.82 bits per heavy atom. The lowest BCUT2D eigenvalue weighted by atomic mass is 10.1. The zero-order chi connectivity index (χ0) is 15.9. The van der Waals surface area contributed by atoms with Gasteiger partial charge in [-0.2, -0.15) is 0 Å². The summed E-state index contributed by atoms with van der Waals surface area (Å²) in [4.78, 5) is 20.9. The number of nitrogen functional groups attached to an aromatic ring is 1. The van der Waals surface area contributed by atoms with Gasteiger partial charge >= 0.3 is 0 Å². The van der Waals surface area contributed by atoms with Crippen LogP contribution in [0.5, 0.6) is 0 Å². The molecule has 1 aliphatic rings. The zero-order valence-corrected chi connectivity index (χ0v) is 12.1. The molecule has 0 bridgehead atoms. The molecule has 1 saturated heterocycles. The number of aliphatic hydroxyl groups excluding tert-OH is 2. The summed E-state index contributed by atoms with van der Waals surface area (Å²) in [6, 6.07) is 0. The van der Waals surface area contributed by atoms with E-state index < -0.39 is 33.1 Å². The minimum atomic E-state index is -2.07. The largest absolute Gasteiger partial charge is 0.387 e. The van der Waals surface area contributed by atoms with Gasteiger partial charge in [0.05, 0.1) is 12.9 Å². The van der Waals surface area contributed by atoms with E-state index in [1.807, 2.05) is 0 Å². The lowest BCUT2D eigenvalue weighted by molar-refractivity contribution is -0.0472. The summed E-state index contributed by atoms with van der Waals surface area (Å²) in [6.45, 7) is -0.156. The predicted octanol–water partition coefficient (Wildman–Crippen LogP) is -1.78. The molecule has 3 rings (SSSR count). The highest BCUT2D eigenvalue weighted by molar-refractivity contribution is 7.43. The van der Waals surface area contributed by atoms with E-state index in [0.717, 1.165) is 0 Å². The van der Waals surface area contributed by atoms with E-state index in [1.165, 1.54) is 17.2 Å². The molecule has 12 heteroatoms. The Kier molecular flexibility index (Phi) is 4.19. The Bertz CT molecular complexity index is 668. The molecule has 1 unspecified atom stereocenters. The van der Waals surface area contributed by atoms with Crippen LogP contribution in [-0.2, 0) is 9.26 Å². The van der Waals surface area contributed by atoms with E-state index in [0.29, 0.717) is 11.2 Å². The molecule has 0 aliphatic carbocycles. The topological polar surface area (TPSA) is 175 Å². The Balaban J connectivity index is 1.86. The fourth-order valence-corrected chi connectivity index (χ4v) is 2.60. The first kappa shape index (κ1) is 15.4. The number of aliphatic hydroxyl groups is 2. The van der Waals surface area contributed by atoms with E-state index in [-0.39, 0.29) is 12.4 Å². The maximum absolute atomic E-state index is 10.2. The number of aromatic nitrogens is 4. The van der Waals surface area contributed by atoms with Crippen LogP contribution in [0.2, 0.25) is 0 Å². The molecule has 5 atom stereocenters. The molecular formula is C10H15N6O5P. The first-order valence-electron chi connectivity index (χ1n) is 6.30. The number of nitrogens with zero attached hydrogens (tertiary/aromatic N) is 4. The molecule has 1 fully saturated rings. The summed E-state index contributed by atoms with van der Waals surface area (Å²) in [5.41, 5.74) is 11.6. The van der Waals surface area contributed by atoms with Gasteiger partial charge in [-0.1, -0.05) is 0 Å². The van der Waals surface area contributed by atoms with Gasteiger partial charge in [0.1, 0.15) is 30.2 Å². The van der Waals surface area contributed by atoms with Crippen molar-refractivity contribution in [2.45, 2.75) is 24.5 Å². The second-order valence-electron chi connectivity index (χ2n) is 4.73. The van der Waals surface area contributed by atoms with E-state index in [2.05, 4.69) is 15.0 Å². The number of nitrogens with two attached hydrogens (primary N) is 2. The molecule has 0 saturated carbocycles. The Morgan fingerprint density at radius 2 is 2.09 bits per heavy atom. The van der Waals surface area contributed by atoms with Crippen LogP contribution < -0.4 is 11.2 Å². The fourth-order valence-electron chi connectivity index (χ4n) is 2.30. The van der Waals surface area contributed by atoms with Gasteiger partial charge in [0, 0.05) is 0 Å². The van der Waals surface area contributed by atoms with Crippen LogP contribution in [0.1, 0.15) is 6.23 Å². The standard InChI is InChI=1S/C10H15N6O5P/c11-8-5-9(14-2-13-8)16(3-15-5)10-7(18)6(17)4(21-10)1-20-22(12)19/h2-4,6-7,10,17-19H,1,12H2,(H2,11,13,14)/t4-,6-,7-,10-,22?/m1/s1. The summed E-state index contributed by atoms with van der Waals surface area (Å²) in [5, 5.41) is 20.2. The summed E-state index contributed by atoms with van der Waals surface area (Å²) in [7, 11) is -2.07. The number of fused-ring (bicyclic) bond motifs is 1. The molecule has 0 radical (unpaired) electrons. The number of hydrogen-bond acceptors (Lipinski definition) is 10. The summed E-state index contributed by atoms with van der Waals surface area (Å²) >= 11 is 0. The van der Waals surface area contributed by atoms with Crippen molar-refractivity contribution in [1.82, 2.24) is 19.5 Å². The molecule has 7 N–H and O–H groups in total.